The molecule has 2 saturated heterocycles. The first kappa shape index (κ1) is 14.9. The summed E-state index contributed by atoms with van der Waals surface area (Å²) in [5.41, 5.74) is 3.31. The number of rotatable bonds is 1. The molecule has 4 aliphatic rings. The van der Waals surface area contributed by atoms with E-state index in [-0.39, 0.29) is 11.3 Å². The molecule has 128 valence electrons. The highest BCUT2D eigenvalue weighted by Gasteiger charge is 2.68. The molecule has 0 N–H and O–H groups in total. The Labute approximate surface area is 145 Å². The summed E-state index contributed by atoms with van der Waals surface area (Å²) in [6.45, 7) is 6.62. The zero-order valence-corrected chi connectivity index (χ0v) is 14.9. The molecule has 3 heterocycles. The number of carbonyl (C=O) groups excluding carboxylic acids is 1. The molecule has 0 radical (unpaired) electrons. The third kappa shape index (κ3) is 1.55. The minimum atomic E-state index is 0.178. The Morgan fingerprint density at radius 1 is 1.21 bits per heavy atom. The van der Waals surface area contributed by atoms with Crippen LogP contribution in [0.1, 0.15) is 57.9 Å². The Balaban J connectivity index is 1.75. The van der Waals surface area contributed by atoms with Gasteiger partial charge in [-0.3, -0.25) is 9.69 Å². The lowest BCUT2D eigenvalue weighted by molar-refractivity contribution is -0.118. The van der Waals surface area contributed by atoms with Crippen LogP contribution in [0.25, 0.3) is 0 Å². The molecule has 1 aromatic carbocycles. The molecule has 3 nitrogen and oxygen atoms in total. The van der Waals surface area contributed by atoms with Crippen molar-refractivity contribution >= 4 is 11.6 Å². The van der Waals surface area contributed by atoms with E-state index in [1.165, 1.54) is 62.9 Å². The molecule has 3 fully saturated rings. The number of anilines is 1. The number of nitrogens with zero attached hydrogens (tertiary/aromatic N) is 2. The molecule has 5 rings (SSSR count). The van der Waals surface area contributed by atoms with E-state index < -0.39 is 0 Å². The number of fused-ring (bicyclic) bond motifs is 1. The third-order valence-corrected chi connectivity index (χ3v) is 7.90. The van der Waals surface area contributed by atoms with Gasteiger partial charge in [0.25, 0.3) is 0 Å². The number of piperidine rings is 1. The van der Waals surface area contributed by atoms with Crippen LogP contribution in [0.5, 0.6) is 0 Å². The van der Waals surface area contributed by atoms with Gasteiger partial charge in [0, 0.05) is 30.1 Å². The summed E-state index contributed by atoms with van der Waals surface area (Å²) >= 11 is 0. The average Bonchev–Trinajstić information content (AvgIpc) is 3.13. The second kappa shape index (κ2) is 4.85. The number of carbonyl (C=O) groups is 1. The van der Waals surface area contributed by atoms with Gasteiger partial charge in [0.05, 0.1) is 0 Å². The molecule has 3 heteroatoms. The third-order valence-electron chi connectivity index (χ3n) is 7.90. The first-order valence-corrected chi connectivity index (χ1v) is 9.77. The molecule has 1 aromatic rings. The van der Waals surface area contributed by atoms with E-state index in [0.29, 0.717) is 17.5 Å². The van der Waals surface area contributed by atoms with E-state index in [2.05, 4.69) is 41.0 Å². The Bertz CT molecular complexity index is 701. The maximum Gasteiger partial charge on any atom is 0.224 e. The van der Waals surface area contributed by atoms with Gasteiger partial charge in [-0.2, -0.15) is 0 Å². The molecule has 1 aliphatic carbocycles. The van der Waals surface area contributed by atoms with Crippen molar-refractivity contribution in [2.75, 3.05) is 18.0 Å². The summed E-state index contributed by atoms with van der Waals surface area (Å²) in [6.07, 6.45) is 7.70. The van der Waals surface area contributed by atoms with Gasteiger partial charge in [-0.1, -0.05) is 25.1 Å². The summed E-state index contributed by atoms with van der Waals surface area (Å²) in [6, 6.07) is 9.80. The minimum Gasteiger partial charge on any atom is -0.308 e. The van der Waals surface area contributed by atoms with Crippen LogP contribution in [0, 0.1) is 5.41 Å². The van der Waals surface area contributed by atoms with Crippen LogP contribution < -0.4 is 4.90 Å². The molecular weight excluding hydrogens is 296 g/mol. The van der Waals surface area contributed by atoms with Crippen LogP contribution in [0.2, 0.25) is 0 Å². The van der Waals surface area contributed by atoms with Crippen molar-refractivity contribution in [3.05, 3.63) is 29.8 Å². The van der Waals surface area contributed by atoms with Crippen molar-refractivity contribution in [3.63, 3.8) is 0 Å². The van der Waals surface area contributed by atoms with Gasteiger partial charge in [0.1, 0.15) is 0 Å². The van der Waals surface area contributed by atoms with Gasteiger partial charge in [0.2, 0.25) is 5.91 Å². The average molecular weight is 324 g/mol. The topological polar surface area (TPSA) is 23.6 Å². The molecule has 24 heavy (non-hydrogen) atoms. The number of hydrogen-bond donors (Lipinski definition) is 0. The van der Waals surface area contributed by atoms with Crippen molar-refractivity contribution in [1.82, 2.24) is 4.90 Å². The van der Waals surface area contributed by atoms with Crippen molar-refractivity contribution in [2.24, 2.45) is 5.41 Å². The quantitative estimate of drug-likeness (QED) is 0.786. The highest BCUT2D eigenvalue weighted by atomic mass is 16.2. The molecule has 2 unspecified atom stereocenters. The lowest BCUT2D eigenvalue weighted by Gasteiger charge is -2.58. The summed E-state index contributed by atoms with van der Waals surface area (Å²) in [5, 5.41) is 0. The van der Waals surface area contributed by atoms with Crippen molar-refractivity contribution < 1.29 is 4.79 Å². The standard InChI is InChI=1S/C21H28N2O/c1-3-20-10-6-13-22-14-12-21(19(20)22)16-7-4-5-8-17(16)23(15(2)24)18(21)9-11-20/h4-5,7-8,18-19H,3,6,9-14H2,1-2H3/t18?,19-,20?,21+/m1/s1. The molecule has 4 atom stereocenters. The first-order chi connectivity index (χ1) is 11.6. The first-order valence-electron chi connectivity index (χ1n) is 9.77. The predicted molar refractivity (Wildman–Crippen MR) is 96.2 cm³/mol. The fourth-order valence-electron chi connectivity index (χ4n) is 7.16. The molecule has 1 amide bonds. The van der Waals surface area contributed by atoms with Gasteiger partial charge < -0.3 is 4.90 Å². The van der Waals surface area contributed by atoms with E-state index >= 15 is 0 Å². The molecule has 0 aromatic heterocycles. The van der Waals surface area contributed by atoms with Crippen molar-refractivity contribution in [2.45, 2.75) is 69.9 Å². The lowest BCUT2D eigenvalue weighted by Crippen LogP contribution is -2.65. The zero-order valence-electron chi connectivity index (χ0n) is 14.9. The summed E-state index contributed by atoms with van der Waals surface area (Å²) < 4.78 is 0. The summed E-state index contributed by atoms with van der Waals surface area (Å²) in [5.74, 6) is 0.225. The monoisotopic (exact) mass is 324 g/mol. The molecule has 1 spiro atoms. The molecule has 1 saturated carbocycles. The van der Waals surface area contributed by atoms with Gasteiger partial charge in [-0.25, -0.2) is 0 Å². The second-order valence-corrected chi connectivity index (χ2v) is 8.51. The van der Waals surface area contributed by atoms with Crippen LogP contribution in [-0.4, -0.2) is 36.0 Å². The highest BCUT2D eigenvalue weighted by molar-refractivity contribution is 5.96. The SMILES string of the molecule is CCC12CCCN3CC[C@@]4(c5ccccc5N(C(C)=O)C4CC1)[C@H]32. The number of amides is 1. The normalized spacial score (nSPS) is 40.2. The van der Waals surface area contributed by atoms with E-state index in [1.807, 2.05) is 0 Å². The second-order valence-electron chi connectivity index (χ2n) is 8.51. The van der Waals surface area contributed by atoms with Crippen LogP contribution in [0.15, 0.2) is 24.3 Å². The highest BCUT2D eigenvalue weighted by Crippen LogP contribution is 2.65. The van der Waals surface area contributed by atoms with Crippen LogP contribution in [-0.2, 0) is 10.2 Å². The molecule has 0 bridgehead atoms. The number of hydrogen-bond acceptors (Lipinski definition) is 2. The zero-order chi connectivity index (χ0) is 16.5. The molecular formula is C21H28N2O. The predicted octanol–water partition coefficient (Wildman–Crippen LogP) is 3.72. The van der Waals surface area contributed by atoms with E-state index in [9.17, 15) is 4.79 Å². The summed E-state index contributed by atoms with van der Waals surface area (Å²) in [7, 11) is 0. The number of benzene rings is 1. The van der Waals surface area contributed by atoms with Crippen LogP contribution in [0.3, 0.4) is 0 Å². The minimum absolute atomic E-state index is 0.178. The van der Waals surface area contributed by atoms with E-state index in [4.69, 9.17) is 0 Å². The van der Waals surface area contributed by atoms with E-state index in [0.717, 1.165) is 0 Å². The fraction of sp³-hybridized carbons (Fsp3) is 0.667. The molecule has 3 aliphatic heterocycles. The fourth-order valence-corrected chi connectivity index (χ4v) is 7.16. The van der Waals surface area contributed by atoms with Crippen LogP contribution in [0.4, 0.5) is 5.69 Å². The Kier molecular flexibility index (Phi) is 3.02. The van der Waals surface area contributed by atoms with E-state index in [1.54, 1.807) is 6.92 Å². The van der Waals surface area contributed by atoms with Gasteiger partial charge >= 0.3 is 0 Å². The van der Waals surface area contributed by atoms with Gasteiger partial charge in [-0.15, -0.1) is 0 Å². The largest absolute Gasteiger partial charge is 0.308 e. The van der Waals surface area contributed by atoms with Gasteiger partial charge in [0.15, 0.2) is 0 Å². The number of para-hydroxylation sites is 1. The van der Waals surface area contributed by atoms with Crippen LogP contribution >= 0.6 is 0 Å². The Hall–Kier alpha value is -1.35. The lowest BCUT2D eigenvalue weighted by atomic mass is 9.52. The van der Waals surface area contributed by atoms with Crippen molar-refractivity contribution in [3.8, 4) is 0 Å². The summed E-state index contributed by atoms with van der Waals surface area (Å²) in [4.78, 5) is 17.5. The maximum absolute atomic E-state index is 12.6. The smallest absolute Gasteiger partial charge is 0.224 e. The Morgan fingerprint density at radius 3 is 2.83 bits per heavy atom. The Morgan fingerprint density at radius 2 is 2.04 bits per heavy atom. The van der Waals surface area contributed by atoms with Gasteiger partial charge in [-0.05, 0) is 68.7 Å². The maximum atomic E-state index is 12.6. The van der Waals surface area contributed by atoms with Crippen molar-refractivity contribution in [1.29, 1.82) is 0 Å².